The molecule has 0 radical (unpaired) electrons. The van der Waals surface area contributed by atoms with Crippen molar-refractivity contribution in [3.63, 3.8) is 0 Å². The summed E-state index contributed by atoms with van der Waals surface area (Å²) in [4.78, 5) is 23.4. The fourth-order valence-corrected chi connectivity index (χ4v) is 1.58. The summed E-state index contributed by atoms with van der Waals surface area (Å²) in [5, 5.41) is 2.66. The quantitative estimate of drug-likeness (QED) is 0.795. The van der Waals surface area contributed by atoms with Crippen LogP contribution in [0.1, 0.15) is 54.4 Å². The molecule has 0 aliphatic heterocycles. The van der Waals surface area contributed by atoms with Gasteiger partial charge in [-0.05, 0) is 33.1 Å². The number of carbonyl (C=O) groups is 2. The van der Waals surface area contributed by atoms with E-state index < -0.39 is 11.7 Å². The predicted octanol–water partition coefficient (Wildman–Crippen LogP) is 3.15. The van der Waals surface area contributed by atoms with Crippen LogP contribution < -0.4 is 5.32 Å². The first kappa shape index (κ1) is 16.9. The molecular weight excluding hydrogens is 230 g/mol. The molecule has 0 spiro atoms. The highest BCUT2D eigenvalue weighted by molar-refractivity contribution is 5.82. The molecule has 0 fully saturated rings. The number of hydrogen-bond acceptors (Lipinski definition) is 3. The normalized spacial score (nSPS) is 13.3. The fourth-order valence-electron chi connectivity index (χ4n) is 1.58. The van der Waals surface area contributed by atoms with Gasteiger partial charge in [-0.25, -0.2) is 4.79 Å². The van der Waals surface area contributed by atoms with Crippen molar-refractivity contribution in [3.8, 4) is 0 Å². The van der Waals surface area contributed by atoms with Crippen LogP contribution in [-0.4, -0.2) is 24.0 Å². The third-order valence-electron chi connectivity index (χ3n) is 2.45. The van der Waals surface area contributed by atoms with Crippen molar-refractivity contribution in [2.24, 2.45) is 11.8 Å². The highest BCUT2D eigenvalue weighted by atomic mass is 16.6. The Bertz CT molecular complexity index is 279. The average Bonchev–Trinajstić information content (AvgIpc) is 2.14. The lowest BCUT2D eigenvalue weighted by molar-refractivity contribution is -0.123. The number of carbonyl (C=O) groups excluding carboxylic acids is 2. The van der Waals surface area contributed by atoms with Gasteiger partial charge in [0.2, 0.25) is 0 Å². The summed E-state index contributed by atoms with van der Waals surface area (Å²) >= 11 is 0. The summed E-state index contributed by atoms with van der Waals surface area (Å²) in [5.74, 6) is 0.455. The Kier molecular flexibility index (Phi) is 6.96. The van der Waals surface area contributed by atoms with Crippen LogP contribution in [0, 0.1) is 11.8 Å². The average molecular weight is 257 g/mol. The molecule has 0 saturated heterocycles. The maximum absolute atomic E-state index is 11.9. The van der Waals surface area contributed by atoms with Crippen LogP contribution in [0.2, 0.25) is 0 Å². The first-order valence-corrected chi connectivity index (χ1v) is 6.65. The van der Waals surface area contributed by atoms with Gasteiger partial charge in [0, 0.05) is 18.9 Å². The van der Waals surface area contributed by atoms with Gasteiger partial charge in [0.15, 0.2) is 0 Å². The van der Waals surface area contributed by atoms with Crippen molar-refractivity contribution in [2.45, 2.75) is 60.0 Å². The second-order valence-electron chi connectivity index (χ2n) is 6.05. The molecule has 0 aromatic carbocycles. The van der Waals surface area contributed by atoms with Crippen LogP contribution in [0.3, 0.4) is 0 Å². The number of Topliss-reactive ketones (excluding diaryl/α,β-unsaturated/α-hetero) is 1. The van der Waals surface area contributed by atoms with Crippen LogP contribution in [-0.2, 0) is 9.53 Å². The third-order valence-corrected chi connectivity index (χ3v) is 2.45. The number of alkyl carbamates (subject to hydrolysis) is 1. The van der Waals surface area contributed by atoms with E-state index in [4.69, 9.17) is 4.74 Å². The molecule has 0 aliphatic rings. The second-order valence-corrected chi connectivity index (χ2v) is 6.05. The second kappa shape index (κ2) is 7.39. The molecule has 4 nitrogen and oxygen atoms in total. The van der Waals surface area contributed by atoms with E-state index >= 15 is 0 Å². The summed E-state index contributed by atoms with van der Waals surface area (Å²) in [6.07, 6.45) is 0.842. The highest BCUT2D eigenvalue weighted by Gasteiger charge is 2.20. The maximum atomic E-state index is 11.9. The van der Waals surface area contributed by atoms with E-state index in [-0.39, 0.29) is 11.7 Å². The molecule has 1 unspecified atom stereocenters. The lowest BCUT2D eigenvalue weighted by Gasteiger charge is -2.21. The minimum absolute atomic E-state index is 0.111. The SMILES string of the molecule is CCC(CNC(=O)OC(C)(C)C)C(=O)CC(C)C. The van der Waals surface area contributed by atoms with Gasteiger partial charge in [0.1, 0.15) is 11.4 Å². The van der Waals surface area contributed by atoms with E-state index in [2.05, 4.69) is 5.32 Å². The Morgan fingerprint density at radius 3 is 2.17 bits per heavy atom. The molecule has 1 amide bonds. The molecule has 0 bridgehead atoms. The standard InChI is InChI=1S/C14H27NO3/c1-7-11(12(16)8-10(2)3)9-15-13(17)18-14(4,5)6/h10-11H,7-9H2,1-6H3,(H,15,17). The number of amides is 1. The molecule has 4 heteroatoms. The molecule has 18 heavy (non-hydrogen) atoms. The minimum Gasteiger partial charge on any atom is -0.444 e. The molecule has 1 N–H and O–H groups in total. The molecule has 1 atom stereocenters. The Morgan fingerprint density at radius 1 is 1.22 bits per heavy atom. The van der Waals surface area contributed by atoms with Gasteiger partial charge in [-0.15, -0.1) is 0 Å². The number of ketones is 1. The van der Waals surface area contributed by atoms with Crippen LogP contribution in [0.25, 0.3) is 0 Å². The zero-order valence-corrected chi connectivity index (χ0v) is 12.5. The van der Waals surface area contributed by atoms with Crippen LogP contribution in [0.5, 0.6) is 0 Å². The third kappa shape index (κ3) is 8.09. The summed E-state index contributed by atoms with van der Waals surface area (Å²) in [5.41, 5.74) is -0.506. The minimum atomic E-state index is -0.506. The van der Waals surface area contributed by atoms with Gasteiger partial charge in [0.05, 0.1) is 0 Å². The van der Waals surface area contributed by atoms with Crippen molar-refractivity contribution in [3.05, 3.63) is 0 Å². The van der Waals surface area contributed by atoms with Gasteiger partial charge in [-0.3, -0.25) is 4.79 Å². The first-order valence-electron chi connectivity index (χ1n) is 6.65. The number of hydrogen-bond donors (Lipinski definition) is 1. The van der Waals surface area contributed by atoms with E-state index in [0.717, 1.165) is 6.42 Å². The fraction of sp³-hybridized carbons (Fsp3) is 0.857. The lowest BCUT2D eigenvalue weighted by atomic mass is 9.94. The molecule has 0 aromatic heterocycles. The Balaban J connectivity index is 4.15. The van der Waals surface area contributed by atoms with Gasteiger partial charge in [0.25, 0.3) is 0 Å². The Labute approximate surface area is 110 Å². The smallest absolute Gasteiger partial charge is 0.407 e. The topological polar surface area (TPSA) is 55.4 Å². The van der Waals surface area contributed by atoms with E-state index in [1.54, 1.807) is 0 Å². The van der Waals surface area contributed by atoms with E-state index in [1.165, 1.54) is 0 Å². The lowest BCUT2D eigenvalue weighted by Crippen LogP contribution is -2.37. The first-order chi connectivity index (χ1) is 8.15. The summed E-state index contributed by atoms with van der Waals surface area (Å²) in [7, 11) is 0. The molecule has 0 saturated carbocycles. The van der Waals surface area contributed by atoms with Crippen LogP contribution in [0.15, 0.2) is 0 Å². The highest BCUT2D eigenvalue weighted by Crippen LogP contribution is 2.11. The molecule has 0 aromatic rings. The number of rotatable bonds is 6. The van der Waals surface area contributed by atoms with Crippen LogP contribution >= 0.6 is 0 Å². The van der Waals surface area contributed by atoms with Crippen molar-refractivity contribution in [1.82, 2.24) is 5.32 Å². The molecule has 106 valence electrons. The Hall–Kier alpha value is -1.06. The molecule has 0 heterocycles. The van der Waals surface area contributed by atoms with E-state index in [0.29, 0.717) is 18.9 Å². The van der Waals surface area contributed by atoms with Gasteiger partial charge >= 0.3 is 6.09 Å². The zero-order chi connectivity index (χ0) is 14.3. The van der Waals surface area contributed by atoms with Crippen molar-refractivity contribution >= 4 is 11.9 Å². The summed E-state index contributed by atoms with van der Waals surface area (Å²) in [6, 6.07) is 0. The van der Waals surface area contributed by atoms with Gasteiger partial charge < -0.3 is 10.1 Å². The van der Waals surface area contributed by atoms with Crippen molar-refractivity contribution in [1.29, 1.82) is 0 Å². The largest absolute Gasteiger partial charge is 0.444 e. The molecule has 0 aliphatic carbocycles. The van der Waals surface area contributed by atoms with Gasteiger partial charge in [-0.1, -0.05) is 20.8 Å². The maximum Gasteiger partial charge on any atom is 0.407 e. The van der Waals surface area contributed by atoms with E-state index in [9.17, 15) is 9.59 Å². The monoisotopic (exact) mass is 257 g/mol. The van der Waals surface area contributed by atoms with Crippen molar-refractivity contribution < 1.29 is 14.3 Å². The summed E-state index contributed by atoms with van der Waals surface area (Å²) < 4.78 is 5.13. The zero-order valence-electron chi connectivity index (χ0n) is 12.5. The number of nitrogens with one attached hydrogen (secondary N) is 1. The van der Waals surface area contributed by atoms with Gasteiger partial charge in [-0.2, -0.15) is 0 Å². The van der Waals surface area contributed by atoms with Crippen molar-refractivity contribution in [2.75, 3.05) is 6.54 Å². The summed E-state index contributed by atoms with van der Waals surface area (Å²) in [6.45, 7) is 11.8. The Morgan fingerprint density at radius 2 is 1.78 bits per heavy atom. The predicted molar refractivity (Wildman–Crippen MR) is 72.5 cm³/mol. The molecule has 0 rings (SSSR count). The van der Waals surface area contributed by atoms with Crippen LogP contribution in [0.4, 0.5) is 4.79 Å². The van der Waals surface area contributed by atoms with E-state index in [1.807, 2.05) is 41.5 Å². The number of ether oxygens (including phenoxy) is 1. The molecular formula is C14H27NO3.